The average Bonchev–Trinajstić information content (AvgIpc) is 2.61. The van der Waals surface area contributed by atoms with Crippen molar-refractivity contribution in [3.63, 3.8) is 0 Å². The van der Waals surface area contributed by atoms with Crippen molar-refractivity contribution in [1.82, 2.24) is 4.90 Å². The van der Waals surface area contributed by atoms with E-state index < -0.39 is 6.10 Å². The summed E-state index contributed by atoms with van der Waals surface area (Å²) in [5, 5.41) is 3.39. The highest BCUT2D eigenvalue weighted by molar-refractivity contribution is 6.32. The summed E-state index contributed by atoms with van der Waals surface area (Å²) in [6.07, 6.45) is -0.647. The fourth-order valence-electron chi connectivity index (χ4n) is 2.48. The molecule has 0 heterocycles. The minimum atomic E-state index is -0.647. The van der Waals surface area contributed by atoms with E-state index in [4.69, 9.17) is 16.3 Å². The quantitative estimate of drug-likeness (QED) is 0.748. The van der Waals surface area contributed by atoms with Crippen LogP contribution in [0.15, 0.2) is 48.5 Å². The standard InChI is InChI=1S/C20H25ClN2O2/c1-4-23(5-2)14-16-9-8-10-17(13-16)22-20(24)15(3)25-19-12-7-6-11-18(19)21/h6-13,15H,4-5,14H2,1-3H3,(H,22,24). The number of halogens is 1. The van der Waals surface area contributed by atoms with Gasteiger partial charge in [-0.15, -0.1) is 0 Å². The molecule has 1 unspecified atom stereocenters. The summed E-state index contributed by atoms with van der Waals surface area (Å²) in [4.78, 5) is 14.7. The van der Waals surface area contributed by atoms with Gasteiger partial charge in [-0.25, -0.2) is 0 Å². The molecule has 25 heavy (non-hydrogen) atoms. The van der Waals surface area contributed by atoms with Gasteiger partial charge in [0.15, 0.2) is 6.10 Å². The van der Waals surface area contributed by atoms with Gasteiger partial charge < -0.3 is 10.1 Å². The number of rotatable bonds is 8. The zero-order valence-electron chi connectivity index (χ0n) is 15.0. The first kappa shape index (κ1) is 19.3. The van der Waals surface area contributed by atoms with Gasteiger partial charge in [-0.1, -0.05) is 49.7 Å². The second-order valence-electron chi connectivity index (χ2n) is 5.84. The first-order chi connectivity index (χ1) is 12.0. The normalized spacial score (nSPS) is 12.0. The van der Waals surface area contributed by atoms with E-state index >= 15 is 0 Å². The van der Waals surface area contributed by atoms with Gasteiger partial charge in [-0.05, 0) is 49.8 Å². The van der Waals surface area contributed by atoms with Crippen molar-refractivity contribution in [2.75, 3.05) is 18.4 Å². The number of nitrogens with zero attached hydrogens (tertiary/aromatic N) is 1. The molecule has 0 spiro atoms. The number of para-hydroxylation sites is 1. The Labute approximate surface area is 154 Å². The van der Waals surface area contributed by atoms with Crippen LogP contribution in [0.4, 0.5) is 5.69 Å². The Bertz CT molecular complexity index is 702. The van der Waals surface area contributed by atoms with Crippen molar-refractivity contribution in [2.45, 2.75) is 33.4 Å². The maximum Gasteiger partial charge on any atom is 0.265 e. The average molecular weight is 361 g/mol. The molecule has 1 N–H and O–H groups in total. The second kappa shape index (κ2) is 9.44. The van der Waals surface area contributed by atoms with Crippen molar-refractivity contribution in [3.05, 3.63) is 59.1 Å². The molecule has 0 bridgehead atoms. The van der Waals surface area contributed by atoms with E-state index in [2.05, 4.69) is 30.1 Å². The van der Waals surface area contributed by atoms with Crippen LogP contribution < -0.4 is 10.1 Å². The van der Waals surface area contributed by atoms with Gasteiger partial charge in [0.25, 0.3) is 5.91 Å². The molecule has 0 aliphatic carbocycles. The van der Waals surface area contributed by atoms with E-state index in [0.29, 0.717) is 10.8 Å². The molecule has 2 aromatic rings. The lowest BCUT2D eigenvalue weighted by Gasteiger charge is -2.19. The molecule has 0 saturated carbocycles. The SMILES string of the molecule is CCN(CC)Cc1cccc(NC(=O)C(C)Oc2ccccc2Cl)c1. The number of nitrogens with one attached hydrogen (secondary N) is 1. The monoisotopic (exact) mass is 360 g/mol. The molecule has 0 aromatic heterocycles. The molecule has 4 nitrogen and oxygen atoms in total. The predicted octanol–water partition coefficient (Wildman–Crippen LogP) is 4.59. The molecular formula is C20H25ClN2O2. The largest absolute Gasteiger partial charge is 0.479 e. The number of benzene rings is 2. The zero-order valence-corrected chi connectivity index (χ0v) is 15.7. The summed E-state index contributed by atoms with van der Waals surface area (Å²) in [6.45, 7) is 8.85. The van der Waals surface area contributed by atoms with Gasteiger partial charge in [-0.2, -0.15) is 0 Å². The summed E-state index contributed by atoms with van der Waals surface area (Å²) in [5.74, 6) is 0.294. The maximum absolute atomic E-state index is 12.4. The summed E-state index contributed by atoms with van der Waals surface area (Å²) in [5.41, 5.74) is 1.94. The van der Waals surface area contributed by atoms with Crippen LogP contribution in [-0.2, 0) is 11.3 Å². The summed E-state index contributed by atoms with van der Waals surface area (Å²) >= 11 is 6.07. The van der Waals surface area contributed by atoms with Gasteiger partial charge in [0.05, 0.1) is 5.02 Å². The Balaban J connectivity index is 1.99. The number of hydrogen-bond acceptors (Lipinski definition) is 3. The van der Waals surface area contributed by atoms with E-state index in [1.807, 2.05) is 30.3 Å². The van der Waals surface area contributed by atoms with Crippen LogP contribution in [0.5, 0.6) is 5.75 Å². The predicted molar refractivity (Wildman–Crippen MR) is 103 cm³/mol. The molecule has 2 aromatic carbocycles. The number of carbonyl (C=O) groups excluding carboxylic acids is 1. The molecule has 2 rings (SSSR count). The Morgan fingerprint density at radius 2 is 1.88 bits per heavy atom. The van der Waals surface area contributed by atoms with Crippen molar-refractivity contribution >= 4 is 23.2 Å². The molecule has 0 aliphatic heterocycles. The Morgan fingerprint density at radius 1 is 1.16 bits per heavy atom. The molecule has 0 radical (unpaired) electrons. The van der Waals surface area contributed by atoms with Crippen LogP contribution in [0.2, 0.25) is 5.02 Å². The maximum atomic E-state index is 12.4. The van der Waals surface area contributed by atoms with E-state index in [1.54, 1.807) is 19.1 Å². The topological polar surface area (TPSA) is 41.6 Å². The molecular weight excluding hydrogens is 336 g/mol. The third-order valence-corrected chi connectivity index (χ3v) is 4.32. The molecule has 0 fully saturated rings. The third kappa shape index (κ3) is 5.76. The van der Waals surface area contributed by atoms with Crippen LogP contribution in [0.3, 0.4) is 0 Å². The fraction of sp³-hybridized carbons (Fsp3) is 0.350. The van der Waals surface area contributed by atoms with E-state index in [0.717, 1.165) is 25.3 Å². The van der Waals surface area contributed by atoms with Gasteiger partial charge in [0, 0.05) is 12.2 Å². The van der Waals surface area contributed by atoms with Crippen molar-refractivity contribution < 1.29 is 9.53 Å². The molecule has 5 heteroatoms. The first-order valence-electron chi connectivity index (χ1n) is 8.56. The summed E-state index contributed by atoms with van der Waals surface area (Å²) in [7, 11) is 0. The van der Waals surface area contributed by atoms with E-state index in [1.165, 1.54) is 5.56 Å². The molecule has 1 amide bonds. The highest BCUT2D eigenvalue weighted by Gasteiger charge is 2.16. The summed E-state index contributed by atoms with van der Waals surface area (Å²) in [6, 6.07) is 15.0. The smallest absolute Gasteiger partial charge is 0.265 e. The highest BCUT2D eigenvalue weighted by Crippen LogP contribution is 2.24. The van der Waals surface area contributed by atoms with Gasteiger partial charge in [0.2, 0.25) is 0 Å². The van der Waals surface area contributed by atoms with Crippen LogP contribution in [0, 0.1) is 0 Å². The lowest BCUT2D eigenvalue weighted by molar-refractivity contribution is -0.122. The summed E-state index contributed by atoms with van der Waals surface area (Å²) < 4.78 is 5.66. The number of amides is 1. The minimum Gasteiger partial charge on any atom is -0.479 e. The molecule has 0 aliphatic rings. The molecule has 0 saturated heterocycles. The lowest BCUT2D eigenvalue weighted by Crippen LogP contribution is -2.30. The zero-order chi connectivity index (χ0) is 18.2. The van der Waals surface area contributed by atoms with Crippen molar-refractivity contribution in [1.29, 1.82) is 0 Å². The molecule has 134 valence electrons. The van der Waals surface area contributed by atoms with Crippen molar-refractivity contribution in [3.8, 4) is 5.75 Å². The van der Waals surface area contributed by atoms with E-state index in [-0.39, 0.29) is 5.91 Å². The number of carbonyl (C=O) groups is 1. The second-order valence-corrected chi connectivity index (χ2v) is 6.25. The fourth-order valence-corrected chi connectivity index (χ4v) is 2.66. The Hall–Kier alpha value is -2.04. The Kier molecular flexibility index (Phi) is 7.29. The third-order valence-electron chi connectivity index (χ3n) is 4.00. The van der Waals surface area contributed by atoms with Crippen LogP contribution in [-0.4, -0.2) is 30.0 Å². The Morgan fingerprint density at radius 3 is 2.56 bits per heavy atom. The van der Waals surface area contributed by atoms with E-state index in [9.17, 15) is 4.79 Å². The van der Waals surface area contributed by atoms with Gasteiger partial charge in [-0.3, -0.25) is 9.69 Å². The number of anilines is 1. The van der Waals surface area contributed by atoms with Crippen LogP contribution in [0.25, 0.3) is 0 Å². The first-order valence-corrected chi connectivity index (χ1v) is 8.94. The van der Waals surface area contributed by atoms with Gasteiger partial charge in [0.1, 0.15) is 5.75 Å². The van der Waals surface area contributed by atoms with Crippen LogP contribution >= 0.6 is 11.6 Å². The molecule has 1 atom stereocenters. The van der Waals surface area contributed by atoms with Crippen LogP contribution in [0.1, 0.15) is 26.3 Å². The lowest BCUT2D eigenvalue weighted by atomic mass is 10.2. The number of hydrogen-bond donors (Lipinski definition) is 1. The highest BCUT2D eigenvalue weighted by atomic mass is 35.5. The minimum absolute atomic E-state index is 0.208. The number of ether oxygens (including phenoxy) is 1. The van der Waals surface area contributed by atoms with Crippen molar-refractivity contribution in [2.24, 2.45) is 0 Å². The van der Waals surface area contributed by atoms with Gasteiger partial charge >= 0.3 is 0 Å².